The lowest BCUT2D eigenvalue weighted by Gasteiger charge is -2.26. The van der Waals surface area contributed by atoms with Crippen LogP contribution in [0.5, 0.6) is 0 Å². The highest BCUT2D eigenvalue weighted by Gasteiger charge is 2.57. The Labute approximate surface area is 238 Å². The second-order valence-electron chi connectivity index (χ2n) is 10.5. The average Bonchev–Trinajstić information content (AvgIpc) is 3.40. The zero-order valence-corrected chi connectivity index (χ0v) is 23.5. The van der Waals surface area contributed by atoms with E-state index in [1.54, 1.807) is 0 Å². The molecule has 0 bridgehead atoms. The average molecular weight is 592 g/mol. The van der Waals surface area contributed by atoms with E-state index < -0.39 is 59.4 Å². The first kappa shape index (κ1) is 36.1. The molecule has 16 nitrogen and oxygen atoms in total. The van der Waals surface area contributed by atoms with E-state index >= 15 is 0 Å². The van der Waals surface area contributed by atoms with Gasteiger partial charge in [0.25, 0.3) is 0 Å². The molecule has 16 heteroatoms. The lowest BCUT2D eigenvalue weighted by molar-refractivity contribution is -0.163. The number of ether oxygens (including phenoxy) is 1. The topological polar surface area (TPSA) is 270 Å². The summed E-state index contributed by atoms with van der Waals surface area (Å²) in [5.41, 5.74) is 4.61. The number of nitrogens with two attached hydrogens (primary N) is 1. The van der Waals surface area contributed by atoms with Gasteiger partial charge in [-0.2, -0.15) is 0 Å². The molecule has 3 saturated heterocycles. The molecular weight excluding hydrogens is 546 g/mol. The van der Waals surface area contributed by atoms with Gasteiger partial charge in [-0.15, -0.1) is 0 Å². The standard InChI is InChI=1S/C8H8O9.C6H14N2.C6H11NO2.C5H12N2/c9-5(10)1-2(6(11)12)4(8(15)16)17-3(1)7(13)14;1-5-3-7-4-6(2)8-5;7-6(5(8)9)3-1-2-4-6;1-2-6-4-5-7-3-1/h1-4H,(H,9,10)(H,11,12)(H,13,14)(H,15,16);5-8H,3-4H2,1-2H3;1-4,7H2,(H,8,9);6-7H,1-5H2. The number of carbonyl (C=O) groups is 5. The molecule has 0 amide bonds. The number of carboxylic acid groups (broad SMARTS) is 5. The summed E-state index contributed by atoms with van der Waals surface area (Å²) in [6, 6.07) is 1.30. The maximum absolute atomic E-state index is 10.8. The minimum Gasteiger partial charge on any atom is -0.481 e. The fourth-order valence-electron chi connectivity index (χ4n) is 4.80. The van der Waals surface area contributed by atoms with Crippen LogP contribution in [0.1, 0.15) is 46.0 Å². The van der Waals surface area contributed by atoms with Crippen LogP contribution in [-0.2, 0) is 28.7 Å². The predicted molar refractivity (Wildman–Crippen MR) is 144 cm³/mol. The predicted octanol–water partition coefficient (Wildman–Crippen LogP) is -1.81. The molecule has 6 unspecified atom stereocenters. The Morgan fingerprint density at radius 2 is 1.07 bits per heavy atom. The van der Waals surface area contributed by atoms with Gasteiger partial charge in [0, 0.05) is 38.3 Å². The second-order valence-corrected chi connectivity index (χ2v) is 10.5. The maximum atomic E-state index is 10.8. The normalized spacial score (nSPS) is 30.4. The van der Waals surface area contributed by atoms with Crippen molar-refractivity contribution in [3.63, 3.8) is 0 Å². The molecule has 4 aliphatic rings. The Morgan fingerprint density at radius 3 is 1.34 bits per heavy atom. The van der Waals surface area contributed by atoms with Crippen molar-refractivity contribution in [1.82, 2.24) is 21.3 Å². The smallest absolute Gasteiger partial charge is 0.333 e. The van der Waals surface area contributed by atoms with Crippen LogP contribution in [0, 0.1) is 11.8 Å². The highest BCUT2D eigenvalue weighted by molar-refractivity contribution is 5.92. The third-order valence-corrected chi connectivity index (χ3v) is 6.97. The van der Waals surface area contributed by atoms with Crippen LogP contribution in [0.25, 0.3) is 0 Å². The van der Waals surface area contributed by atoms with Gasteiger partial charge in [-0.25, -0.2) is 9.59 Å². The van der Waals surface area contributed by atoms with Gasteiger partial charge in [0.1, 0.15) is 17.4 Å². The van der Waals surface area contributed by atoms with Crippen molar-refractivity contribution in [2.45, 2.75) is 75.8 Å². The lowest BCUT2D eigenvalue weighted by Crippen LogP contribution is -2.52. The van der Waals surface area contributed by atoms with Crippen molar-refractivity contribution in [2.24, 2.45) is 17.6 Å². The van der Waals surface area contributed by atoms with E-state index in [1.807, 2.05) is 0 Å². The molecule has 4 rings (SSSR count). The summed E-state index contributed by atoms with van der Waals surface area (Å²) >= 11 is 0. The van der Waals surface area contributed by atoms with Crippen molar-refractivity contribution in [2.75, 3.05) is 39.3 Å². The highest BCUT2D eigenvalue weighted by Crippen LogP contribution is 2.34. The van der Waals surface area contributed by atoms with E-state index in [2.05, 4.69) is 39.9 Å². The first-order valence-electron chi connectivity index (χ1n) is 13.7. The van der Waals surface area contributed by atoms with Gasteiger partial charge in [-0.1, -0.05) is 12.8 Å². The van der Waals surface area contributed by atoms with Gasteiger partial charge in [0.05, 0.1) is 0 Å². The van der Waals surface area contributed by atoms with Crippen molar-refractivity contribution in [3.05, 3.63) is 0 Å². The van der Waals surface area contributed by atoms with E-state index in [4.69, 9.17) is 31.3 Å². The number of rotatable bonds is 5. The van der Waals surface area contributed by atoms with E-state index in [1.165, 1.54) is 19.5 Å². The summed E-state index contributed by atoms with van der Waals surface area (Å²) in [5, 5.41) is 56.7. The monoisotopic (exact) mass is 591 g/mol. The maximum Gasteiger partial charge on any atom is 0.333 e. The van der Waals surface area contributed by atoms with Gasteiger partial charge in [0.2, 0.25) is 0 Å². The van der Waals surface area contributed by atoms with Crippen molar-refractivity contribution < 1.29 is 54.2 Å². The highest BCUT2D eigenvalue weighted by atomic mass is 16.6. The van der Waals surface area contributed by atoms with E-state index in [9.17, 15) is 24.0 Å². The van der Waals surface area contributed by atoms with Gasteiger partial charge < -0.3 is 57.3 Å². The Balaban J connectivity index is 0.000000295. The number of piperazine rings is 1. The van der Waals surface area contributed by atoms with Crippen LogP contribution in [0.2, 0.25) is 0 Å². The van der Waals surface area contributed by atoms with Crippen molar-refractivity contribution >= 4 is 29.8 Å². The first-order chi connectivity index (χ1) is 19.2. The summed E-state index contributed by atoms with van der Waals surface area (Å²) in [7, 11) is 0. The van der Waals surface area contributed by atoms with Crippen molar-refractivity contribution in [3.8, 4) is 0 Å². The molecule has 3 heterocycles. The number of aliphatic carboxylic acids is 5. The third-order valence-electron chi connectivity index (χ3n) is 6.97. The van der Waals surface area contributed by atoms with Crippen molar-refractivity contribution in [1.29, 1.82) is 0 Å². The van der Waals surface area contributed by atoms with Crippen LogP contribution in [0.4, 0.5) is 0 Å². The quantitative estimate of drug-likeness (QED) is 0.169. The molecule has 0 radical (unpaired) electrons. The SMILES string of the molecule is C1CNCCNC1.CC1CNCC(C)N1.NC1(C(=O)O)CCCC1.O=C(O)C1OC(C(=O)O)C(C(=O)O)C1C(=O)O. The van der Waals surface area contributed by atoms with Gasteiger partial charge >= 0.3 is 29.8 Å². The van der Waals surface area contributed by atoms with Crippen LogP contribution >= 0.6 is 0 Å². The molecule has 1 aliphatic carbocycles. The van der Waals surface area contributed by atoms with E-state index in [0.29, 0.717) is 24.9 Å². The lowest BCUT2D eigenvalue weighted by atomic mass is 9.87. The van der Waals surface area contributed by atoms with Gasteiger partial charge in [-0.3, -0.25) is 14.4 Å². The number of carboxylic acids is 5. The zero-order valence-electron chi connectivity index (χ0n) is 23.5. The second kappa shape index (κ2) is 17.8. The molecule has 4 fully saturated rings. The molecule has 1 saturated carbocycles. The molecule has 6 atom stereocenters. The third kappa shape index (κ3) is 12.2. The molecule has 41 heavy (non-hydrogen) atoms. The molecule has 11 N–H and O–H groups in total. The Bertz CT molecular complexity index is 820. The Morgan fingerprint density at radius 1 is 0.659 bits per heavy atom. The van der Waals surface area contributed by atoms with Crippen LogP contribution in [-0.4, -0.2) is 124 Å². The van der Waals surface area contributed by atoms with Crippen LogP contribution < -0.4 is 27.0 Å². The molecular formula is C25H45N5O11. The fourth-order valence-corrected chi connectivity index (χ4v) is 4.80. The van der Waals surface area contributed by atoms with Gasteiger partial charge in [0.15, 0.2) is 12.2 Å². The molecule has 3 aliphatic heterocycles. The Hall–Kier alpha value is -2.89. The summed E-state index contributed by atoms with van der Waals surface area (Å²) in [5.74, 6) is -11.6. The first-order valence-corrected chi connectivity index (χ1v) is 13.7. The van der Waals surface area contributed by atoms with Gasteiger partial charge in [-0.05, 0) is 46.2 Å². The molecule has 0 aromatic carbocycles. The number of hydrogen-bond acceptors (Lipinski definition) is 11. The minimum atomic E-state index is -1.99. The summed E-state index contributed by atoms with van der Waals surface area (Å²) in [6.07, 6.45) is 0.500. The summed E-state index contributed by atoms with van der Waals surface area (Å²) in [4.78, 5) is 53.4. The zero-order chi connectivity index (χ0) is 31.2. The van der Waals surface area contributed by atoms with Crippen LogP contribution in [0.3, 0.4) is 0 Å². The molecule has 0 aromatic heterocycles. The van der Waals surface area contributed by atoms with E-state index in [0.717, 1.165) is 39.0 Å². The number of nitrogens with one attached hydrogen (secondary N) is 4. The summed E-state index contributed by atoms with van der Waals surface area (Å²) < 4.78 is 4.47. The van der Waals surface area contributed by atoms with E-state index in [-0.39, 0.29) is 0 Å². The summed E-state index contributed by atoms with van der Waals surface area (Å²) in [6.45, 7) is 11.3. The Kier molecular flexibility index (Phi) is 15.7. The largest absolute Gasteiger partial charge is 0.481 e. The van der Waals surface area contributed by atoms with Crippen LogP contribution in [0.15, 0.2) is 0 Å². The molecule has 236 valence electrons. The molecule has 0 spiro atoms. The number of hydrogen-bond donors (Lipinski definition) is 10. The fraction of sp³-hybridized carbons (Fsp3) is 0.800. The molecule has 0 aromatic rings. The minimum absolute atomic E-state index is 0.641.